The number of hydrogen-bond donors (Lipinski definition) is 0. The molecule has 0 saturated heterocycles. The van der Waals surface area contributed by atoms with Crippen LogP contribution in [0.3, 0.4) is 0 Å². The Balaban J connectivity index is 2.50. The van der Waals surface area contributed by atoms with Crippen molar-refractivity contribution in [3.8, 4) is 0 Å². The minimum Gasteiger partial charge on any atom is -0.299 e. The van der Waals surface area contributed by atoms with Crippen LogP contribution in [0.4, 0.5) is 4.39 Å². The highest BCUT2D eigenvalue weighted by Gasteiger charge is 2.33. The highest BCUT2D eigenvalue weighted by molar-refractivity contribution is 9.11. The van der Waals surface area contributed by atoms with Gasteiger partial charge >= 0.3 is 0 Å². The van der Waals surface area contributed by atoms with E-state index in [1.807, 2.05) is 0 Å². The first-order valence-corrected chi connectivity index (χ1v) is 5.86. The molecule has 74 valence electrons. The Kier molecular flexibility index (Phi) is 2.75. The van der Waals surface area contributed by atoms with E-state index in [9.17, 15) is 9.18 Å². The van der Waals surface area contributed by atoms with Crippen LogP contribution < -0.4 is 0 Å². The van der Waals surface area contributed by atoms with Crippen molar-refractivity contribution in [2.75, 3.05) is 0 Å². The van der Waals surface area contributed by atoms with Gasteiger partial charge in [0.15, 0.2) is 0 Å². The van der Waals surface area contributed by atoms with Crippen LogP contribution in [0.5, 0.6) is 0 Å². The predicted octanol–water partition coefficient (Wildman–Crippen LogP) is 3.80. The summed E-state index contributed by atoms with van der Waals surface area (Å²) in [7, 11) is 0. The smallest absolute Gasteiger partial charge is 0.142 e. The number of carbonyl (C=O) groups is 1. The molecule has 1 aliphatic carbocycles. The maximum atomic E-state index is 13.7. The Bertz CT molecular complexity index is 403. The summed E-state index contributed by atoms with van der Waals surface area (Å²) >= 11 is 6.39. The lowest BCUT2D eigenvalue weighted by molar-refractivity contribution is -0.125. The molecule has 0 N–H and O–H groups in total. The first-order valence-electron chi connectivity index (χ1n) is 4.27. The summed E-state index contributed by atoms with van der Waals surface area (Å²) in [5.74, 6) is -0.443. The van der Waals surface area contributed by atoms with Crippen LogP contribution in [0.2, 0.25) is 0 Å². The van der Waals surface area contributed by atoms with Gasteiger partial charge in [-0.25, -0.2) is 4.39 Å². The minimum atomic E-state index is -0.322. The zero-order valence-corrected chi connectivity index (χ0v) is 10.4. The van der Waals surface area contributed by atoms with Gasteiger partial charge in [-0.3, -0.25) is 4.79 Å². The van der Waals surface area contributed by atoms with E-state index in [4.69, 9.17) is 0 Å². The number of halogens is 3. The van der Waals surface area contributed by atoms with Gasteiger partial charge in [0.05, 0.1) is 4.47 Å². The van der Waals surface area contributed by atoms with E-state index in [0.29, 0.717) is 20.9 Å². The predicted molar refractivity (Wildman–Crippen MR) is 58.8 cm³/mol. The molecule has 1 nitrogen and oxygen atoms in total. The highest BCUT2D eigenvalue weighted by Crippen LogP contribution is 2.40. The summed E-state index contributed by atoms with van der Waals surface area (Å²) in [6.45, 7) is 0. The summed E-state index contributed by atoms with van der Waals surface area (Å²) in [4.78, 5) is 11.2. The second-order valence-corrected chi connectivity index (χ2v) is 5.02. The van der Waals surface area contributed by atoms with Crippen molar-refractivity contribution in [1.82, 2.24) is 0 Å². The van der Waals surface area contributed by atoms with Gasteiger partial charge in [-0.1, -0.05) is 15.9 Å². The molecule has 1 saturated carbocycles. The summed E-state index contributed by atoms with van der Waals surface area (Å²) in [5.41, 5.74) is 0.496. The first kappa shape index (κ1) is 10.3. The highest BCUT2D eigenvalue weighted by atomic mass is 79.9. The SMILES string of the molecule is O=C1CCC1c1c(Br)ccc(Br)c1F. The van der Waals surface area contributed by atoms with E-state index in [1.54, 1.807) is 12.1 Å². The van der Waals surface area contributed by atoms with Gasteiger partial charge in [-0.15, -0.1) is 0 Å². The molecule has 0 bridgehead atoms. The number of carbonyl (C=O) groups excluding carboxylic acids is 1. The van der Waals surface area contributed by atoms with Crippen LogP contribution in [0.1, 0.15) is 24.3 Å². The van der Waals surface area contributed by atoms with Gasteiger partial charge in [0.25, 0.3) is 0 Å². The van der Waals surface area contributed by atoms with E-state index in [0.717, 1.165) is 6.42 Å². The lowest BCUT2D eigenvalue weighted by Gasteiger charge is -2.25. The molecule has 4 heteroatoms. The summed E-state index contributed by atoms with van der Waals surface area (Å²) in [6, 6.07) is 3.39. The van der Waals surface area contributed by atoms with E-state index in [1.165, 1.54) is 0 Å². The van der Waals surface area contributed by atoms with Crippen molar-refractivity contribution in [3.05, 3.63) is 32.5 Å². The molecular formula is C10H7Br2FO. The van der Waals surface area contributed by atoms with Crippen LogP contribution in [-0.2, 0) is 4.79 Å². The molecule has 0 heterocycles. The van der Waals surface area contributed by atoms with Crippen molar-refractivity contribution >= 4 is 37.6 Å². The monoisotopic (exact) mass is 320 g/mol. The standard InChI is InChI=1S/C10H7Br2FO/c11-6-2-3-7(12)10(13)9(6)5-1-4-8(5)14/h2-3,5H,1,4H2. The maximum Gasteiger partial charge on any atom is 0.142 e. The van der Waals surface area contributed by atoms with Crippen LogP contribution in [-0.4, -0.2) is 5.78 Å². The Morgan fingerprint density at radius 3 is 2.43 bits per heavy atom. The molecule has 1 aliphatic rings. The van der Waals surface area contributed by atoms with Crippen molar-refractivity contribution < 1.29 is 9.18 Å². The summed E-state index contributed by atoms with van der Waals surface area (Å²) in [6.07, 6.45) is 1.33. The molecule has 0 amide bonds. The lowest BCUT2D eigenvalue weighted by Crippen LogP contribution is -2.24. The Morgan fingerprint density at radius 1 is 1.29 bits per heavy atom. The molecule has 0 spiro atoms. The molecule has 1 aromatic carbocycles. The minimum absolute atomic E-state index is 0.128. The second-order valence-electron chi connectivity index (χ2n) is 3.31. The van der Waals surface area contributed by atoms with Gasteiger partial charge in [0.2, 0.25) is 0 Å². The number of benzene rings is 1. The van der Waals surface area contributed by atoms with E-state index in [2.05, 4.69) is 31.9 Å². The molecule has 0 aromatic heterocycles. The number of Topliss-reactive ketones (excluding diaryl/α,β-unsaturated/α-hetero) is 1. The zero-order valence-electron chi connectivity index (χ0n) is 7.19. The van der Waals surface area contributed by atoms with Crippen LogP contribution in [0.25, 0.3) is 0 Å². The fourth-order valence-corrected chi connectivity index (χ4v) is 2.50. The molecule has 14 heavy (non-hydrogen) atoms. The average molecular weight is 322 g/mol. The van der Waals surface area contributed by atoms with Crippen LogP contribution >= 0.6 is 31.9 Å². The third-order valence-corrected chi connectivity index (χ3v) is 3.80. The average Bonchev–Trinajstić information content (AvgIpc) is 2.16. The van der Waals surface area contributed by atoms with Gasteiger partial charge in [-0.05, 0) is 34.5 Å². The fourth-order valence-electron chi connectivity index (χ4n) is 1.57. The lowest BCUT2D eigenvalue weighted by atomic mass is 9.78. The van der Waals surface area contributed by atoms with Gasteiger partial charge < -0.3 is 0 Å². The van der Waals surface area contributed by atoms with E-state index < -0.39 is 0 Å². The van der Waals surface area contributed by atoms with Crippen LogP contribution in [0.15, 0.2) is 21.1 Å². The number of rotatable bonds is 1. The van der Waals surface area contributed by atoms with E-state index >= 15 is 0 Å². The molecule has 1 unspecified atom stereocenters. The third kappa shape index (κ3) is 1.54. The Hall–Kier alpha value is -0.220. The molecule has 1 aromatic rings. The second kappa shape index (κ2) is 3.74. The molecule has 2 rings (SSSR count). The van der Waals surface area contributed by atoms with Crippen molar-refractivity contribution in [3.63, 3.8) is 0 Å². The number of ketones is 1. The Morgan fingerprint density at radius 2 is 1.93 bits per heavy atom. The molecule has 1 fully saturated rings. The van der Waals surface area contributed by atoms with Crippen molar-refractivity contribution in [2.24, 2.45) is 0 Å². The van der Waals surface area contributed by atoms with E-state index in [-0.39, 0.29) is 17.5 Å². The topological polar surface area (TPSA) is 17.1 Å². The fraction of sp³-hybridized carbons (Fsp3) is 0.300. The van der Waals surface area contributed by atoms with Crippen LogP contribution in [0, 0.1) is 5.82 Å². The van der Waals surface area contributed by atoms with Crippen molar-refractivity contribution in [1.29, 1.82) is 0 Å². The molecule has 1 atom stereocenters. The molecular weight excluding hydrogens is 315 g/mol. The largest absolute Gasteiger partial charge is 0.299 e. The van der Waals surface area contributed by atoms with Gasteiger partial charge in [-0.2, -0.15) is 0 Å². The van der Waals surface area contributed by atoms with Crippen molar-refractivity contribution in [2.45, 2.75) is 18.8 Å². The zero-order chi connectivity index (χ0) is 10.3. The first-order chi connectivity index (χ1) is 6.61. The maximum absolute atomic E-state index is 13.7. The summed E-state index contributed by atoms with van der Waals surface area (Å²) in [5, 5.41) is 0. The Labute approximate surface area is 97.9 Å². The number of hydrogen-bond acceptors (Lipinski definition) is 1. The third-order valence-electron chi connectivity index (χ3n) is 2.50. The molecule has 0 aliphatic heterocycles. The summed E-state index contributed by atoms with van der Waals surface area (Å²) < 4.78 is 14.8. The normalized spacial score (nSPS) is 20.8. The van der Waals surface area contributed by atoms with Gasteiger partial charge in [0, 0.05) is 22.4 Å². The quantitative estimate of drug-likeness (QED) is 0.719. The van der Waals surface area contributed by atoms with Gasteiger partial charge in [0.1, 0.15) is 11.6 Å². The molecule has 0 radical (unpaired) electrons.